The van der Waals surface area contributed by atoms with Gasteiger partial charge < -0.3 is 9.67 Å². The monoisotopic (exact) mass is 329 g/mol. The molecule has 0 radical (unpaired) electrons. The average molecular weight is 329 g/mol. The van der Waals surface area contributed by atoms with Gasteiger partial charge in [-0.3, -0.25) is 0 Å². The highest BCUT2D eigenvalue weighted by molar-refractivity contribution is 7.99. The van der Waals surface area contributed by atoms with Crippen LogP contribution in [0.4, 0.5) is 0 Å². The fourth-order valence-corrected chi connectivity index (χ4v) is 4.22. The van der Waals surface area contributed by atoms with E-state index in [1.165, 1.54) is 12.0 Å². The van der Waals surface area contributed by atoms with E-state index in [0.29, 0.717) is 6.54 Å². The third-order valence-corrected chi connectivity index (χ3v) is 5.60. The van der Waals surface area contributed by atoms with E-state index in [0.717, 1.165) is 36.7 Å². The van der Waals surface area contributed by atoms with Crippen LogP contribution in [0, 0.1) is 0 Å². The van der Waals surface area contributed by atoms with E-state index >= 15 is 0 Å². The molecule has 0 amide bonds. The Bertz CT molecular complexity index is 641. The Hall–Kier alpha value is -1.59. The predicted octanol–water partition coefficient (Wildman–Crippen LogP) is 3.45. The van der Waals surface area contributed by atoms with Crippen LogP contribution < -0.4 is 0 Å². The lowest BCUT2D eigenvalue weighted by molar-refractivity contribution is 0.137. The van der Waals surface area contributed by atoms with Crippen molar-refractivity contribution >= 4 is 11.8 Å². The van der Waals surface area contributed by atoms with Gasteiger partial charge >= 0.3 is 0 Å². The number of rotatable bonds is 6. The fraction of sp³-hybridized carbons (Fsp3) is 0.444. The third-order valence-electron chi connectivity index (χ3n) is 4.23. The Balaban J connectivity index is 1.79. The van der Waals surface area contributed by atoms with Gasteiger partial charge in [-0.05, 0) is 18.4 Å². The molecule has 1 aromatic heterocycles. The molecule has 5 heteroatoms. The summed E-state index contributed by atoms with van der Waals surface area (Å²) < 4.78 is 2.12. The van der Waals surface area contributed by atoms with Gasteiger partial charge in [0.1, 0.15) is 5.82 Å². The number of aliphatic hydroxyl groups excluding tert-OH is 1. The van der Waals surface area contributed by atoms with Crippen LogP contribution in [0.25, 0.3) is 0 Å². The molecule has 1 aromatic carbocycles. The summed E-state index contributed by atoms with van der Waals surface area (Å²) in [5, 5.41) is 20.1. The topological polar surface area (TPSA) is 50.9 Å². The molecule has 2 unspecified atom stereocenters. The Kier molecular flexibility index (Phi) is 5.51. The maximum atomic E-state index is 10.2. The predicted molar refractivity (Wildman–Crippen MR) is 93.6 cm³/mol. The van der Waals surface area contributed by atoms with Gasteiger partial charge in [-0.15, -0.1) is 16.8 Å². The second kappa shape index (κ2) is 7.79. The van der Waals surface area contributed by atoms with E-state index in [-0.39, 0.29) is 11.4 Å². The molecule has 4 nitrogen and oxygen atoms in total. The third kappa shape index (κ3) is 4.03. The lowest BCUT2D eigenvalue weighted by atomic mass is 9.97. The van der Waals surface area contributed by atoms with E-state index in [2.05, 4.69) is 33.5 Å². The van der Waals surface area contributed by atoms with Crippen molar-refractivity contribution < 1.29 is 5.11 Å². The van der Waals surface area contributed by atoms with Crippen molar-refractivity contribution in [3.63, 3.8) is 0 Å². The molecule has 1 N–H and O–H groups in total. The molecule has 0 aliphatic heterocycles. The standard InChI is InChI=1S/C18H23N3OS/c1-2-12-21-17(13-14-8-4-3-5-9-14)19-20-18(21)23-16-11-7-6-10-15(16)22/h2-5,8-9,15-16,22H,1,6-7,10-13H2. The van der Waals surface area contributed by atoms with Crippen molar-refractivity contribution in [2.45, 2.75) is 55.2 Å². The van der Waals surface area contributed by atoms with Gasteiger partial charge in [-0.2, -0.15) is 0 Å². The maximum Gasteiger partial charge on any atom is 0.191 e. The molecular formula is C18H23N3OS. The molecule has 0 spiro atoms. The number of hydrogen-bond acceptors (Lipinski definition) is 4. The van der Waals surface area contributed by atoms with Gasteiger partial charge in [0.15, 0.2) is 5.16 Å². The van der Waals surface area contributed by atoms with Crippen molar-refractivity contribution in [3.05, 3.63) is 54.4 Å². The molecule has 1 fully saturated rings. The number of aliphatic hydroxyl groups is 1. The van der Waals surface area contributed by atoms with Gasteiger partial charge in [-0.25, -0.2) is 0 Å². The van der Waals surface area contributed by atoms with Crippen LogP contribution in [0.3, 0.4) is 0 Å². The molecular weight excluding hydrogens is 306 g/mol. The van der Waals surface area contributed by atoms with Crippen LogP contribution in [0.1, 0.15) is 37.1 Å². The van der Waals surface area contributed by atoms with Gasteiger partial charge in [0, 0.05) is 18.2 Å². The van der Waals surface area contributed by atoms with Crippen molar-refractivity contribution in [2.24, 2.45) is 0 Å². The Morgan fingerprint density at radius 2 is 2.00 bits per heavy atom. The first kappa shape index (κ1) is 16.3. The molecule has 1 saturated carbocycles. The van der Waals surface area contributed by atoms with Crippen molar-refractivity contribution in [3.8, 4) is 0 Å². The van der Waals surface area contributed by atoms with E-state index in [1.807, 2.05) is 24.3 Å². The minimum absolute atomic E-state index is 0.223. The van der Waals surface area contributed by atoms with Crippen LogP contribution in [0.5, 0.6) is 0 Å². The summed E-state index contributed by atoms with van der Waals surface area (Å²) in [6, 6.07) is 10.3. The molecule has 3 rings (SSSR count). The first-order valence-electron chi connectivity index (χ1n) is 8.19. The summed E-state index contributed by atoms with van der Waals surface area (Å²) in [6.45, 7) is 4.55. The van der Waals surface area contributed by atoms with Gasteiger partial charge in [0.05, 0.1) is 6.10 Å². The lowest BCUT2D eigenvalue weighted by Crippen LogP contribution is -2.27. The Morgan fingerprint density at radius 3 is 2.74 bits per heavy atom. The second-order valence-electron chi connectivity index (χ2n) is 5.97. The second-order valence-corrected chi connectivity index (χ2v) is 7.17. The van der Waals surface area contributed by atoms with Crippen LogP contribution in [-0.2, 0) is 13.0 Å². The van der Waals surface area contributed by atoms with E-state index in [9.17, 15) is 5.11 Å². The minimum atomic E-state index is -0.236. The Labute approximate surface area is 141 Å². The number of allylic oxidation sites excluding steroid dienone is 1. The van der Waals surface area contributed by atoms with Gasteiger partial charge in [0.2, 0.25) is 0 Å². The number of aromatic nitrogens is 3. The van der Waals surface area contributed by atoms with Crippen molar-refractivity contribution in [1.82, 2.24) is 14.8 Å². The molecule has 2 atom stereocenters. The molecule has 0 saturated heterocycles. The molecule has 1 aliphatic carbocycles. The maximum absolute atomic E-state index is 10.2. The molecule has 1 aliphatic rings. The van der Waals surface area contributed by atoms with Crippen molar-refractivity contribution in [1.29, 1.82) is 0 Å². The summed E-state index contributed by atoms with van der Waals surface area (Å²) in [4.78, 5) is 0. The summed E-state index contributed by atoms with van der Waals surface area (Å²) >= 11 is 1.66. The summed E-state index contributed by atoms with van der Waals surface area (Å²) in [5.74, 6) is 0.948. The number of benzene rings is 1. The minimum Gasteiger partial charge on any atom is -0.392 e. The summed E-state index contributed by atoms with van der Waals surface area (Å²) in [6.07, 6.45) is 6.64. The first-order valence-corrected chi connectivity index (χ1v) is 9.07. The van der Waals surface area contributed by atoms with E-state index < -0.39 is 0 Å². The summed E-state index contributed by atoms with van der Waals surface area (Å²) in [5.41, 5.74) is 1.22. The smallest absolute Gasteiger partial charge is 0.191 e. The van der Waals surface area contributed by atoms with Gasteiger partial charge in [0.25, 0.3) is 0 Å². The van der Waals surface area contributed by atoms with E-state index in [1.54, 1.807) is 11.8 Å². The number of hydrogen-bond donors (Lipinski definition) is 1. The quantitative estimate of drug-likeness (QED) is 0.825. The number of nitrogens with zero attached hydrogens (tertiary/aromatic N) is 3. The number of thioether (sulfide) groups is 1. The highest BCUT2D eigenvalue weighted by Gasteiger charge is 2.26. The van der Waals surface area contributed by atoms with Crippen LogP contribution in [0.2, 0.25) is 0 Å². The SMILES string of the molecule is C=CCn1c(Cc2ccccc2)nnc1SC1CCCCC1O. The zero-order chi connectivity index (χ0) is 16.1. The zero-order valence-electron chi connectivity index (χ0n) is 13.3. The molecule has 122 valence electrons. The van der Waals surface area contributed by atoms with E-state index in [4.69, 9.17) is 0 Å². The lowest BCUT2D eigenvalue weighted by Gasteiger charge is -2.26. The summed E-state index contributed by atoms with van der Waals surface area (Å²) in [7, 11) is 0. The van der Waals surface area contributed by atoms with Crippen LogP contribution >= 0.6 is 11.8 Å². The molecule has 23 heavy (non-hydrogen) atoms. The normalized spacial score (nSPS) is 21.3. The van der Waals surface area contributed by atoms with Crippen LogP contribution in [0.15, 0.2) is 48.1 Å². The zero-order valence-corrected chi connectivity index (χ0v) is 14.1. The van der Waals surface area contributed by atoms with Crippen molar-refractivity contribution in [2.75, 3.05) is 0 Å². The first-order chi connectivity index (χ1) is 11.3. The average Bonchev–Trinajstić information content (AvgIpc) is 2.93. The largest absolute Gasteiger partial charge is 0.392 e. The molecule has 2 aromatic rings. The highest BCUT2D eigenvalue weighted by Crippen LogP contribution is 2.33. The highest BCUT2D eigenvalue weighted by atomic mass is 32.2. The molecule has 0 bridgehead atoms. The fourth-order valence-electron chi connectivity index (χ4n) is 2.98. The van der Waals surface area contributed by atoms with Gasteiger partial charge in [-0.1, -0.05) is 61.0 Å². The Morgan fingerprint density at radius 1 is 1.22 bits per heavy atom. The van der Waals surface area contributed by atoms with Crippen LogP contribution in [-0.4, -0.2) is 31.2 Å². The molecule has 1 heterocycles.